The van der Waals surface area contributed by atoms with Crippen LogP contribution in [0.5, 0.6) is 0 Å². The third-order valence-corrected chi connectivity index (χ3v) is 1.62. The Morgan fingerprint density at radius 3 is 2.73 bits per heavy atom. The summed E-state index contributed by atoms with van der Waals surface area (Å²) in [6.07, 6.45) is -3.08. The van der Waals surface area contributed by atoms with Crippen LogP contribution in [0.4, 0.5) is 13.2 Å². The molecule has 2 nitrogen and oxygen atoms in total. The molecule has 0 aliphatic heterocycles. The summed E-state index contributed by atoms with van der Waals surface area (Å²) in [6.45, 7) is 2.12. The van der Waals surface area contributed by atoms with Crippen LogP contribution in [0.15, 0.2) is 29.4 Å². The van der Waals surface area contributed by atoms with Crippen molar-refractivity contribution in [2.24, 2.45) is 5.16 Å². The second kappa shape index (κ2) is 4.82. The maximum Gasteiger partial charge on any atom is 0.416 e. The van der Waals surface area contributed by atoms with Gasteiger partial charge in [0.2, 0.25) is 0 Å². The van der Waals surface area contributed by atoms with Crippen LogP contribution < -0.4 is 0 Å². The lowest BCUT2D eigenvalue weighted by atomic mass is 10.1. The molecular weight excluding hydrogens is 207 g/mol. The molecule has 0 saturated carbocycles. The fourth-order valence-corrected chi connectivity index (χ4v) is 0.968. The van der Waals surface area contributed by atoms with Gasteiger partial charge in [-0.15, -0.1) is 0 Å². The summed E-state index contributed by atoms with van der Waals surface area (Å²) in [5, 5.41) is 3.49. The predicted molar refractivity (Wildman–Crippen MR) is 50.7 cm³/mol. The van der Waals surface area contributed by atoms with Crippen molar-refractivity contribution < 1.29 is 18.0 Å². The first-order chi connectivity index (χ1) is 7.04. The number of halogens is 3. The lowest BCUT2D eigenvalue weighted by Crippen LogP contribution is -2.05. The van der Waals surface area contributed by atoms with Crippen LogP contribution in [0.1, 0.15) is 18.1 Å². The van der Waals surface area contributed by atoms with Crippen molar-refractivity contribution in [3.05, 3.63) is 35.4 Å². The van der Waals surface area contributed by atoms with Crippen LogP contribution in [-0.4, -0.2) is 12.8 Å². The van der Waals surface area contributed by atoms with Crippen molar-refractivity contribution in [1.29, 1.82) is 0 Å². The first-order valence-corrected chi connectivity index (χ1v) is 4.36. The van der Waals surface area contributed by atoms with Gasteiger partial charge in [0.1, 0.15) is 6.61 Å². The Morgan fingerprint density at radius 2 is 2.13 bits per heavy atom. The first kappa shape index (κ1) is 11.6. The molecule has 0 bridgehead atoms. The molecule has 0 fully saturated rings. The second-order valence-electron chi connectivity index (χ2n) is 2.78. The van der Waals surface area contributed by atoms with Gasteiger partial charge in [-0.3, -0.25) is 0 Å². The molecule has 0 unspecified atom stereocenters. The zero-order chi connectivity index (χ0) is 11.3. The Balaban J connectivity index is 2.84. The van der Waals surface area contributed by atoms with Crippen LogP contribution in [0.25, 0.3) is 0 Å². The maximum absolute atomic E-state index is 12.3. The van der Waals surface area contributed by atoms with E-state index in [0.29, 0.717) is 12.2 Å². The SMILES string of the molecule is CCON=Cc1cccc(C(F)(F)F)c1. The molecule has 0 aromatic heterocycles. The molecule has 1 aromatic rings. The van der Waals surface area contributed by atoms with Crippen molar-refractivity contribution >= 4 is 6.21 Å². The number of benzene rings is 1. The van der Waals surface area contributed by atoms with Gasteiger partial charge in [-0.1, -0.05) is 17.3 Å². The summed E-state index contributed by atoms with van der Waals surface area (Å²) in [5.74, 6) is 0. The van der Waals surface area contributed by atoms with Crippen molar-refractivity contribution in [3.63, 3.8) is 0 Å². The van der Waals surface area contributed by atoms with Crippen molar-refractivity contribution in [2.75, 3.05) is 6.61 Å². The van der Waals surface area contributed by atoms with Crippen LogP contribution in [0, 0.1) is 0 Å². The van der Waals surface area contributed by atoms with E-state index in [4.69, 9.17) is 0 Å². The Bertz CT molecular complexity index is 347. The number of alkyl halides is 3. The highest BCUT2D eigenvalue weighted by atomic mass is 19.4. The van der Waals surface area contributed by atoms with E-state index in [1.165, 1.54) is 18.3 Å². The van der Waals surface area contributed by atoms with Crippen LogP contribution >= 0.6 is 0 Å². The number of hydrogen-bond donors (Lipinski definition) is 0. The summed E-state index contributed by atoms with van der Waals surface area (Å²) in [4.78, 5) is 4.65. The minimum Gasteiger partial charge on any atom is -0.396 e. The maximum atomic E-state index is 12.3. The Labute approximate surface area is 85.4 Å². The lowest BCUT2D eigenvalue weighted by molar-refractivity contribution is -0.137. The lowest BCUT2D eigenvalue weighted by Gasteiger charge is -2.06. The number of rotatable bonds is 3. The highest BCUT2D eigenvalue weighted by molar-refractivity contribution is 5.79. The van der Waals surface area contributed by atoms with Crippen molar-refractivity contribution in [2.45, 2.75) is 13.1 Å². The quantitative estimate of drug-likeness (QED) is 0.563. The highest BCUT2D eigenvalue weighted by Gasteiger charge is 2.30. The molecule has 0 saturated heterocycles. The van der Waals surface area contributed by atoms with Gasteiger partial charge in [0.05, 0.1) is 11.8 Å². The van der Waals surface area contributed by atoms with E-state index in [1.54, 1.807) is 6.92 Å². The standard InChI is InChI=1S/C10H10F3NO/c1-2-15-14-7-8-4-3-5-9(6-8)10(11,12)13/h3-7H,2H2,1H3. The molecule has 0 spiro atoms. The van der Waals surface area contributed by atoms with E-state index in [9.17, 15) is 13.2 Å². The van der Waals surface area contributed by atoms with E-state index in [-0.39, 0.29) is 0 Å². The van der Waals surface area contributed by atoms with Gasteiger partial charge >= 0.3 is 6.18 Å². The fourth-order valence-electron chi connectivity index (χ4n) is 0.968. The summed E-state index contributed by atoms with van der Waals surface area (Å²) in [6, 6.07) is 4.88. The molecule has 0 radical (unpaired) electrons. The zero-order valence-corrected chi connectivity index (χ0v) is 8.08. The third-order valence-electron chi connectivity index (χ3n) is 1.62. The summed E-state index contributed by atoms with van der Waals surface area (Å²) >= 11 is 0. The molecule has 1 aromatic carbocycles. The van der Waals surface area contributed by atoms with Gasteiger partial charge < -0.3 is 4.84 Å². The van der Waals surface area contributed by atoms with Gasteiger partial charge in [0.25, 0.3) is 0 Å². The van der Waals surface area contributed by atoms with Crippen LogP contribution in [0.3, 0.4) is 0 Å². The summed E-state index contributed by atoms with van der Waals surface area (Å²) in [5.41, 5.74) is -0.332. The minimum atomic E-state index is -4.32. The molecule has 0 atom stereocenters. The molecule has 0 heterocycles. The second-order valence-corrected chi connectivity index (χ2v) is 2.78. The number of oxime groups is 1. The summed E-state index contributed by atoms with van der Waals surface area (Å²) < 4.78 is 36.8. The average Bonchev–Trinajstić information content (AvgIpc) is 2.17. The molecule has 5 heteroatoms. The smallest absolute Gasteiger partial charge is 0.396 e. The Kier molecular flexibility index (Phi) is 3.71. The van der Waals surface area contributed by atoms with Gasteiger partial charge in [-0.05, 0) is 24.6 Å². The number of nitrogens with zero attached hydrogens (tertiary/aromatic N) is 1. The van der Waals surface area contributed by atoms with E-state index in [0.717, 1.165) is 12.1 Å². The van der Waals surface area contributed by atoms with Gasteiger partial charge in [0, 0.05) is 0 Å². The largest absolute Gasteiger partial charge is 0.416 e. The fraction of sp³-hybridized carbons (Fsp3) is 0.300. The van der Waals surface area contributed by atoms with Gasteiger partial charge in [-0.2, -0.15) is 13.2 Å². The molecular formula is C10H10F3NO. The van der Waals surface area contributed by atoms with Gasteiger partial charge in [0.15, 0.2) is 0 Å². The van der Waals surface area contributed by atoms with Gasteiger partial charge in [-0.25, -0.2) is 0 Å². The molecule has 1 rings (SSSR count). The molecule has 0 aliphatic carbocycles. The summed E-state index contributed by atoms with van der Waals surface area (Å²) in [7, 11) is 0. The highest BCUT2D eigenvalue weighted by Crippen LogP contribution is 2.29. The minimum absolute atomic E-state index is 0.360. The monoisotopic (exact) mass is 217 g/mol. The predicted octanol–water partition coefficient (Wildman–Crippen LogP) is 3.08. The molecule has 0 aliphatic rings. The van der Waals surface area contributed by atoms with Crippen molar-refractivity contribution in [3.8, 4) is 0 Å². The Morgan fingerprint density at radius 1 is 1.40 bits per heavy atom. The third kappa shape index (κ3) is 3.61. The molecule has 0 N–H and O–H groups in total. The van der Waals surface area contributed by atoms with Crippen LogP contribution in [-0.2, 0) is 11.0 Å². The molecule has 15 heavy (non-hydrogen) atoms. The van der Waals surface area contributed by atoms with E-state index in [1.807, 2.05) is 0 Å². The van der Waals surface area contributed by atoms with Crippen LogP contribution in [0.2, 0.25) is 0 Å². The first-order valence-electron chi connectivity index (χ1n) is 4.36. The molecule has 82 valence electrons. The van der Waals surface area contributed by atoms with Crippen molar-refractivity contribution in [1.82, 2.24) is 0 Å². The van der Waals surface area contributed by atoms with E-state index >= 15 is 0 Å². The molecule has 0 amide bonds. The number of hydrogen-bond acceptors (Lipinski definition) is 2. The zero-order valence-electron chi connectivity index (χ0n) is 8.08. The van der Waals surface area contributed by atoms with E-state index < -0.39 is 11.7 Å². The van der Waals surface area contributed by atoms with E-state index in [2.05, 4.69) is 9.99 Å². The normalized spacial score (nSPS) is 12.0. The topological polar surface area (TPSA) is 21.6 Å². The average molecular weight is 217 g/mol. The Hall–Kier alpha value is -1.52.